The number of carbonyl (C=O) groups is 2. The number of halogens is 1. The molecular weight excluding hydrogens is 404 g/mol. The van der Waals surface area contributed by atoms with Crippen molar-refractivity contribution in [1.82, 2.24) is 9.47 Å². The van der Waals surface area contributed by atoms with Crippen LogP contribution in [0.4, 0.5) is 4.79 Å². The lowest BCUT2D eigenvalue weighted by Gasteiger charge is -2.12. The van der Waals surface area contributed by atoms with Crippen molar-refractivity contribution < 1.29 is 9.59 Å². The van der Waals surface area contributed by atoms with Gasteiger partial charge in [-0.05, 0) is 73.1 Å². The number of para-hydroxylation sites is 1. The topological polar surface area (TPSA) is 42.3 Å². The number of aryl methyl sites for hydroxylation is 1. The van der Waals surface area contributed by atoms with Crippen molar-refractivity contribution in [1.29, 1.82) is 0 Å². The molecule has 1 aliphatic heterocycles. The lowest BCUT2D eigenvalue weighted by molar-refractivity contribution is -0.123. The monoisotopic (exact) mass is 422 g/mol. The van der Waals surface area contributed by atoms with Crippen molar-refractivity contribution in [2.24, 2.45) is 0 Å². The van der Waals surface area contributed by atoms with E-state index < -0.39 is 0 Å². The molecule has 146 valence electrons. The van der Waals surface area contributed by atoms with Crippen LogP contribution in [0.2, 0.25) is 5.02 Å². The number of hydrogen-bond donors (Lipinski definition) is 0. The molecule has 0 radical (unpaired) electrons. The number of imide groups is 1. The molecule has 1 aliphatic rings. The quantitative estimate of drug-likeness (QED) is 0.485. The van der Waals surface area contributed by atoms with Gasteiger partial charge in [0.1, 0.15) is 0 Å². The second-order valence-electron chi connectivity index (χ2n) is 6.90. The summed E-state index contributed by atoms with van der Waals surface area (Å²) < 4.78 is 2.14. The second-order valence-corrected chi connectivity index (χ2v) is 8.32. The lowest BCUT2D eigenvalue weighted by atomic mass is 10.2. The minimum absolute atomic E-state index is 0.214. The number of carbonyl (C=O) groups excluding carboxylic acids is 2. The Bertz CT molecular complexity index is 1140. The van der Waals surface area contributed by atoms with E-state index >= 15 is 0 Å². The highest BCUT2D eigenvalue weighted by Crippen LogP contribution is 2.34. The molecule has 0 spiro atoms. The Morgan fingerprint density at radius 1 is 1.00 bits per heavy atom. The van der Waals surface area contributed by atoms with Crippen molar-refractivity contribution in [2.75, 3.05) is 0 Å². The summed E-state index contributed by atoms with van der Waals surface area (Å²) >= 11 is 6.99. The SMILES string of the molecule is Cc1cc(/C=C2\SC(=O)N(Cc3cccc(Cl)c3)C2=O)c(C)n1-c1ccccc1. The van der Waals surface area contributed by atoms with Crippen LogP contribution in [0.25, 0.3) is 11.8 Å². The molecule has 1 aromatic heterocycles. The van der Waals surface area contributed by atoms with Crippen molar-refractivity contribution in [3.8, 4) is 5.69 Å². The number of nitrogens with zero attached hydrogens (tertiary/aromatic N) is 2. The Kier molecular flexibility index (Phi) is 5.35. The third-order valence-corrected chi connectivity index (χ3v) is 6.02. The normalized spacial score (nSPS) is 15.6. The molecule has 2 heterocycles. The number of aromatic nitrogens is 1. The Morgan fingerprint density at radius 3 is 2.48 bits per heavy atom. The summed E-state index contributed by atoms with van der Waals surface area (Å²) in [5.41, 5.74) is 4.91. The molecule has 0 unspecified atom stereocenters. The third kappa shape index (κ3) is 3.88. The van der Waals surface area contributed by atoms with Crippen LogP contribution < -0.4 is 0 Å². The van der Waals surface area contributed by atoms with E-state index in [4.69, 9.17) is 11.6 Å². The van der Waals surface area contributed by atoms with Gasteiger partial charge in [-0.2, -0.15) is 0 Å². The summed E-state index contributed by atoms with van der Waals surface area (Å²) in [6, 6.07) is 19.3. The summed E-state index contributed by atoms with van der Waals surface area (Å²) in [6.45, 7) is 4.26. The zero-order chi connectivity index (χ0) is 20.5. The number of amides is 2. The molecule has 1 fully saturated rings. The molecule has 1 saturated heterocycles. The van der Waals surface area contributed by atoms with Crippen molar-refractivity contribution in [3.63, 3.8) is 0 Å². The Hall–Kier alpha value is -2.76. The van der Waals surface area contributed by atoms with Crippen LogP contribution in [0.5, 0.6) is 0 Å². The van der Waals surface area contributed by atoms with Gasteiger partial charge in [0.05, 0.1) is 11.4 Å². The minimum atomic E-state index is -0.274. The molecule has 0 atom stereocenters. The van der Waals surface area contributed by atoms with Gasteiger partial charge in [0.2, 0.25) is 0 Å². The van der Waals surface area contributed by atoms with Crippen LogP contribution in [0.15, 0.2) is 65.6 Å². The molecule has 0 saturated carbocycles. The van der Waals surface area contributed by atoms with E-state index in [2.05, 4.69) is 4.57 Å². The van der Waals surface area contributed by atoms with Crippen molar-refractivity contribution in [3.05, 3.63) is 93.1 Å². The van der Waals surface area contributed by atoms with Gasteiger partial charge in [-0.25, -0.2) is 0 Å². The molecule has 0 N–H and O–H groups in total. The highest BCUT2D eigenvalue weighted by Gasteiger charge is 2.35. The smallest absolute Gasteiger partial charge is 0.293 e. The standard InChI is InChI=1S/C23H19ClN2O2S/c1-15-11-18(16(2)26(15)20-9-4-3-5-10-20)13-21-22(27)25(23(28)29-21)14-17-7-6-8-19(24)12-17/h3-13H,14H2,1-2H3/b21-13-. The predicted molar refractivity (Wildman–Crippen MR) is 118 cm³/mol. The van der Waals surface area contributed by atoms with Gasteiger partial charge < -0.3 is 4.57 Å². The van der Waals surface area contributed by atoms with Crippen molar-refractivity contribution in [2.45, 2.75) is 20.4 Å². The number of hydrogen-bond acceptors (Lipinski definition) is 3. The first-order valence-corrected chi connectivity index (χ1v) is 10.4. The highest BCUT2D eigenvalue weighted by molar-refractivity contribution is 8.18. The lowest BCUT2D eigenvalue weighted by Crippen LogP contribution is -2.27. The summed E-state index contributed by atoms with van der Waals surface area (Å²) in [6.07, 6.45) is 1.81. The Labute approximate surface area is 178 Å². The van der Waals surface area contributed by atoms with E-state index in [0.717, 1.165) is 40.0 Å². The number of rotatable bonds is 4. The summed E-state index contributed by atoms with van der Waals surface area (Å²) in [5, 5.41) is 0.316. The fraction of sp³-hybridized carbons (Fsp3) is 0.130. The molecule has 3 aromatic rings. The molecule has 0 bridgehead atoms. The van der Waals surface area contributed by atoms with E-state index in [9.17, 15) is 9.59 Å². The van der Waals surface area contributed by atoms with Crippen LogP contribution in [-0.2, 0) is 11.3 Å². The van der Waals surface area contributed by atoms with Crippen LogP contribution in [-0.4, -0.2) is 20.6 Å². The average molecular weight is 423 g/mol. The van der Waals surface area contributed by atoms with E-state index in [1.165, 1.54) is 4.90 Å². The van der Waals surface area contributed by atoms with Crippen LogP contribution >= 0.6 is 23.4 Å². The van der Waals surface area contributed by atoms with Crippen LogP contribution in [0, 0.1) is 13.8 Å². The molecule has 6 heteroatoms. The van der Waals surface area contributed by atoms with E-state index in [-0.39, 0.29) is 17.7 Å². The molecule has 2 aromatic carbocycles. The molecule has 2 amide bonds. The third-order valence-electron chi connectivity index (χ3n) is 4.87. The van der Waals surface area contributed by atoms with E-state index in [0.29, 0.717) is 9.93 Å². The van der Waals surface area contributed by atoms with Gasteiger partial charge in [0.15, 0.2) is 0 Å². The van der Waals surface area contributed by atoms with Crippen molar-refractivity contribution >= 4 is 40.6 Å². The van der Waals surface area contributed by atoms with E-state index in [1.54, 1.807) is 12.1 Å². The van der Waals surface area contributed by atoms with Gasteiger partial charge in [-0.3, -0.25) is 14.5 Å². The first kappa shape index (κ1) is 19.6. The summed E-state index contributed by atoms with van der Waals surface area (Å²) in [5.74, 6) is -0.274. The summed E-state index contributed by atoms with van der Waals surface area (Å²) in [4.78, 5) is 27.0. The average Bonchev–Trinajstić information content (AvgIpc) is 3.12. The minimum Gasteiger partial charge on any atom is -0.318 e. The van der Waals surface area contributed by atoms with Gasteiger partial charge in [0.25, 0.3) is 11.1 Å². The van der Waals surface area contributed by atoms with Gasteiger partial charge in [0, 0.05) is 22.1 Å². The zero-order valence-electron chi connectivity index (χ0n) is 16.1. The largest absolute Gasteiger partial charge is 0.318 e. The zero-order valence-corrected chi connectivity index (χ0v) is 17.6. The molecule has 0 aliphatic carbocycles. The maximum Gasteiger partial charge on any atom is 0.293 e. The molecule has 4 nitrogen and oxygen atoms in total. The number of benzene rings is 2. The summed E-state index contributed by atoms with van der Waals surface area (Å²) in [7, 11) is 0. The highest BCUT2D eigenvalue weighted by atomic mass is 35.5. The van der Waals surface area contributed by atoms with Crippen LogP contribution in [0.3, 0.4) is 0 Å². The van der Waals surface area contributed by atoms with Gasteiger partial charge in [-0.15, -0.1) is 0 Å². The maximum atomic E-state index is 12.9. The maximum absolute atomic E-state index is 12.9. The molecule has 4 rings (SSSR count). The van der Waals surface area contributed by atoms with Crippen LogP contribution in [0.1, 0.15) is 22.5 Å². The number of thioether (sulfide) groups is 1. The molecular formula is C23H19ClN2O2S. The van der Waals surface area contributed by atoms with Gasteiger partial charge >= 0.3 is 0 Å². The second kappa shape index (κ2) is 7.93. The predicted octanol–water partition coefficient (Wildman–Crippen LogP) is 5.98. The fourth-order valence-electron chi connectivity index (χ4n) is 3.50. The Balaban J connectivity index is 1.63. The van der Waals surface area contributed by atoms with E-state index in [1.807, 2.05) is 68.5 Å². The molecule has 29 heavy (non-hydrogen) atoms. The van der Waals surface area contributed by atoms with Gasteiger partial charge in [-0.1, -0.05) is 41.9 Å². The fourth-order valence-corrected chi connectivity index (χ4v) is 4.55. The first-order chi connectivity index (χ1) is 13.9. The Morgan fingerprint density at radius 2 is 1.76 bits per heavy atom. The first-order valence-electron chi connectivity index (χ1n) is 9.18.